The summed E-state index contributed by atoms with van der Waals surface area (Å²) in [4.78, 5) is 19.4. The molecule has 66 valence electrons. The number of alkyl halides is 1. The molecule has 0 aliphatic carbocycles. The number of Topliss-reactive ketones (excluding diaryl/α,β-unsaturated/α-hetero) is 1. The number of hydrogen-bond acceptors (Lipinski definition) is 2. The van der Waals surface area contributed by atoms with Crippen molar-refractivity contribution in [3.8, 4) is 0 Å². The van der Waals surface area contributed by atoms with E-state index >= 15 is 0 Å². The van der Waals surface area contributed by atoms with Gasteiger partial charge in [-0.2, -0.15) is 0 Å². The monoisotopic (exact) mass is 224 g/mol. The number of ketones is 1. The molecule has 0 saturated heterocycles. The zero-order chi connectivity index (χ0) is 9.44. The van der Waals surface area contributed by atoms with E-state index in [-0.39, 0.29) is 10.6 Å². The number of rotatable bonds is 2. The van der Waals surface area contributed by atoms with Crippen LogP contribution in [0.3, 0.4) is 0 Å². The van der Waals surface area contributed by atoms with Crippen LogP contribution in [-0.4, -0.2) is 21.7 Å². The fourth-order valence-electron chi connectivity index (χ4n) is 0.287. The van der Waals surface area contributed by atoms with E-state index in [2.05, 4.69) is 15.9 Å². The Hall–Kier alpha value is -0.380. The van der Waals surface area contributed by atoms with E-state index in [9.17, 15) is 4.79 Å². The molecule has 0 aromatic heterocycles. The number of carbonyl (C=O) groups excluding carboxylic acids is 1. The van der Waals surface area contributed by atoms with Gasteiger partial charge >= 0.3 is 0 Å². The minimum atomic E-state index is -0.833. The Labute approximate surface area is 74.9 Å². The van der Waals surface area contributed by atoms with E-state index in [4.69, 9.17) is 9.90 Å². The number of carbonyl (C=O) groups is 2. The van der Waals surface area contributed by atoms with Gasteiger partial charge in [0.15, 0.2) is 0 Å². The van der Waals surface area contributed by atoms with E-state index in [1.807, 2.05) is 6.92 Å². The highest BCUT2D eigenvalue weighted by atomic mass is 79.9. The van der Waals surface area contributed by atoms with Crippen molar-refractivity contribution in [2.45, 2.75) is 32.0 Å². The van der Waals surface area contributed by atoms with Crippen molar-refractivity contribution in [1.82, 2.24) is 0 Å². The molecule has 3 nitrogen and oxygen atoms in total. The lowest BCUT2D eigenvalue weighted by Crippen LogP contribution is -2.06. The second-order valence-corrected chi connectivity index (χ2v) is 3.11. The summed E-state index contributed by atoms with van der Waals surface area (Å²) in [5.41, 5.74) is 0. The highest BCUT2D eigenvalue weighted by Gasteiger charge is 2.03. The highest BCUT2D eigenvalue weighted by Crippen LogP contribution is 2.03. The van der Waals surface area contributed by atoms with Crippen LogP contribution in [-0.2, 0) is 9.59 Å². The number of aliphatic carboxylic acids is 1. The van der Waals surface area contributed by atoms with E-state index in [1.165, 1.54) is 0 Å². The molecule has 0 radical (unpaired) electrons. The minimum absolute atomic E-state index is 0.0764. The van der Waals surface area contributed by atoms with Gasteiger partial charge < -0.3 is 5.11 Å². The van der Waals surface area contributed by atoms with E-state index in [0.29, 0.717) is 0 Å². The predicted octanol–water partition coefficient (Wildman–Crippen LogP) is 1.84. The Bertz CT molecular complexity index is 130. The maximum absolute atomic E-state index is 10.3. The standard InChI is InChI=1S/C5H9BrO.C2H4O2/c1-3-5(6)4(2)7;1-2(3)4/h5H,3H2,1-2H3;1H3,(H,3,4). The molecule has 0 rings (SSSR count). The molecule has 0 aliphatic heterocycles. The zero-order valence-electron chi connectivity index (χ0n) is 6.93. The molecule has 1 atom stereocenters. The molecule has 4 heteroatoms. The van der Waals surface area contributed by atoms with Gasteiger partial charge in [-0.15, -0.1) is 0 Å². The van der Waals surface area contributed by atoms with E-state index < -0.39 is 5.97 Å². The van der Waals surface area contributed by atoms with Gasteiger partial charge in [0.05, 0.1) is 4.83 Å². The first kappa shape index (κ1) is 13.2. The summed E-state index contributed by atoms with van der Waals surface area (Å²) in [7, 11) is 0. The lowest BCUT2D eigenvalue weighted by molar-refractivity contribution is -0.134. The summed E-state index contributed by atoms with van der Waals surface area (Å²) < 4.78 is 0. The van der Waals surface area contributed by atoms with Crippen LogP contribution in [0.1, 0.15) is 27.2 Å². The van der Waals surface area contributed by atoms with Crippen molar-refractivity contribution in [3.63, 3.8) is 0 Å². The van der Waals surface area contributed by atoms with Crippen LogP contribution < -0.4 is 0 Å². The lowest BCUT2D eigenvalue weighted by atomic mass is 10.3. The molecule has 1 unspecified atom stereocenters. The Morgan fingerprint density at radius 3 is 1.73 bits per heavy atom. The SMILES string of the molecule is CC(=O)O.CCC(Br)C(C)=O. The molecular formula is C7H13BrO3. The summed E-state index contributed by atoms with van der Waals surface area (Å²) in [5.74, 6) is -0.623. The Morgan fingerprint density at radius 2 is 1.73 bits per heavy atom. The van der Waals surface area contributed by atoms with Crippen LogP contribution in [0.25, 0.3) is 0 Å². The van der Waals surface area contributed by atoms with Crippen LogP contribution in [0.15, 0.2) is 0 Å². The van der Waals surface area contributed by atoms with Crippen LogP contribution in [0, 0.1) is 0 Å². The van der Waals surface area contributed by atoms with Gasteiger partial charge in [-0.1, -0.05) is 22.9 Å². The van der Waals surface area contributed by atoms with Crippen molar-refractivity contribution >= 4 is 27.7 Å². The first-order chi connectivity index (χ1) is 4.91. The fraction of sp³-hybridized carbons (Fsp3) is 0.714. The number of hydrogen-bond donors (Lipinski definition) is 1. The van der Waals surface area contributed by atoms with E-state index in [0.717, 1.165) is 13.3 Å². The molecule has 0 fully saturated rings. The third kappa shape index (κ3) is 17.7. The molecule has 0 aromatic rings. The summed E-state index contributed by atoms with van der Waals surface area (Å²) in [6, 6.07) is 0. The van der Waals surface area contributed by atoms with Crippen LogP contribution in [0.4, 0.5) is 0 Å². The minimum Gasteiger partial charge on any atom is -0.481 e. The zero-order valence-corrected chi connectivity index (χ0v) is 8.51. The summed E-state index contributed by atoms with van der Waals surface area (Å²) in [6.45, 7) is 4.64. The van der Waals surface area contributed by atoms with Gasteiger partial charge in [0.25, 0.3) is 5.97 Å². The third-order valence-corrected chi connectivity index (χ3v) is 2.09. The van der Waals surface area contributed by atoms with Gasteiger partial charge in [0.1, 0.15) is 5.78 Å². The summed E-state index contributed by atoms with van der Waals surface area (Å²) in [6.07, 6.45) is 0.884. The van der Waals surface area contributed by atoms with Crippen molar-refractivity contribution in [2.75, 3.05) is 0 Å². The van der Waals surface area contributed by atoms with Gasteiger partial charge in [-0.05, 0) is 13.3 Å². The normalized spacial score (nSPS) is 10.9. The average Bonchev–Trinajstić information content (AvgIpc) is 1.85. The number of carboxylic acid groups (broad SMARTS) is 1. The van der Waals surface area contributed by atoms with Crippen molar-refractivity contribution < 1.29 is 14.7 Å². The highest BCUT2D eigenvalue weighted by molar-refractivity contribution is 9.10. The Morgan fingerprint density at radius 1 is 1.45 bits per heavy atom. The predicted molar refractivity (Wildman–Crippen MR) is 47.0 cm³/mol. The van der Waals surface area contributed by atoms with Gasteiger partial charge in [0.2, 0.25) is 0 Å². The second kappa shape index (κ2) is 7.72. The van der Waals surface area contributed by atoms with Gasteiger partial charge in [0, 0.05) is 6.92 Å². The molecule has 0 spiro atoms. The fourth-order valence-corrected chi connectivity index (χ4v) is 0.287. The summed E-state index contributed by atoms with van der Waals surface area (Å²) >= 11 is 3.19. The molecule has 1 N–H and O–H groups in total. The van der Waals surface area contributed by atoms with E-state index in [1.54, 1.807) is 6.92 Å². The molecule has 0 bridgehead atoms. The van der Waals surface area contributed by atoms with Crippen molar-refractivity contribution in [3.05, 3.63) is 0 Å². The molecule has 0 aromatic carbocycles. The van der Waals surface area contributed by atoms with Crippen molar-refractivity contribution in [2.24, 2.45) is 0 Å². The average molecular weight is 225 g/mol. The Balaban J connectivity index is 0. The second-order valence-electron chi connectivity index (χ2n) is 2.01. The molecule has 0 saturated carbocycles. The number of carboxylic acids is 1. The topological polar surface area (TPSA) is 54.4 Å². The lowest BCUT2D eigenvalue weighted by Gasteiger charge is -1.96. The maximum Gasteiger partial charge on any atom is 0.300 e. The van der Waals surface area contributed by atoms with Crippen LogP contribution in [0.2, 0.25) is 0 Å². The largest absolute Gasteiger partial charge is 0.481 e. The number of halogens is 1. The molecule has 0 heterocycles. The summed E-state index contributed by atoms with van der Waals surface area (Å²) in [5, 5.41) is 7.42. The first-order valence-electron chi connectivity index (χ1n) is 3.25. The van der Waals surface area contributed by atoms with Crippen LogP contribution >= 0.6 is 15.9 Å². The van der Waals surface area contributed by atoms with Gasteiger partial charge in [-0.25, -0.2) is 0 Å². The third-order valence-electron chi connectivity index (χ3n) is 0.800. The van der Waals surface area contributed by atoms with Gasteiger partial charge in [-0.3, -0.25) is 9.59 Å². The van der Waals surface area contributed by atoms with Crippen molar-refractivity contribution in [1.29, 1.82) is 0 Å². The maximum atomic E-state index is 10.3. The first-order valence-corrected chi connectivity index (χ1v) is 4.17. The quantitative estimate of drug-likeness (QED) is 0.729. The molecule has 0 amide bonds. The molecule has 0 aliphatic rings. The smallest absolute Gasteiger partial charge is 0.300 e. The Kier molecular flexibility index (Phi) is 9.29. The molecular weight excluding hydrogens is 212 g/mol. The molecule has 11 heavy (non-hydrogen) atoms. The van der Waals surface area contributed by atoms with Crippen LogP contribution in [0.5, 0.6) is 0 Å².